The zero-order valence-electron chi connectivity index (χ0n) is 19.8. The minimum absolute atomic E-state index is 0.294. The summed E-state index contributed by atoms with van der Waals surface area (Å²) in [7, 11) is 0. The Balaban J connectivity index is 1.44. The Morgan fingerprint density at radius 3 is 2.53 bits per heavy atom. The lowest BCUT2D eigenvalue weighted by molar-refractivity contribution is -0.149. The number of carbonyl (C=O) groups excluding carboxylic acids is 1. The van der Waals surface area contributed by atoms with E-state index in [0.717, 1.165) is 31.9 Å². The van der Waals surface area contributed by atoms with Gasteiger partial charge in [0, 0.05) is 54.7 Å². The number of piperidine rings is 1. The molecule has 1 saturated heterocycles. The van der Waals surface area contributed by atoms with Gasteiger partial charge in [-0.1, -0.05) is 11.3 Å². The number of hydrogen-bond donors (Lipinski definition) is 3. The van der Waals surface area contributed by atoms with E-state index in [9.17, 15) is 14.7 Å². The fourth-order valence-electron chi connectivity index (χ4n) is 4.12. The molecule has 0 saturated carbocycles. The average Bonchev–Trinajstić information content (AvgIpc) is 3.54. The molecule has 4 heterocycles. The topological polar surface area (TPSA) is 133 Å². The molecule has 1 aliphatic heterocycles. The second kappa shape index (κ2) is 9.78. The molecule has 0 bridgehead atoms. The summed E-state index contributed by atoms with van der Waals surface area (Å²) in [6.07, 6.45) is 6.43. The average molecular weight is 524 g/mol. The maximum Gasteiger partial charge on any atom is 0.321 e. The molecular weight excluding hydrogens is 498 g/mol. The zero-order chi connectivity index (χ0) is 25.3. The Morgan fingerprint density at radius 2 is 1.89 bits per heavy atom. The number of thiazole rings is 2. The van der Waals surface area contributed by atoms with Gasteiger partial charge in [0.15, 0.2) is 5.13 Å². The molecule has 1 aliphatic rings. The van der Waals surface area contributed by atoms with E-state index in [1.807, 2.05) is 29.3 Å². The monoisotopic (exact) mass is 523 g/mol. The van der Waals surface area contributed by atoms with Gasteiger partial charge in [0.2, 0.25) is 5.95 Å². The third kappa shape index (κ3) is 4.73. The van der Waals surface area contributed by atoms with Gasteiger partial charge < -0.3 is 15.3 Å². The summed E-state index contributed by atoms with van der Waals surface area (Å²) in [6.45, 7) is 5.38. The van der Waals surface area contributed by atoms with Gasteiger partial charge in [-0.05, 0) is 44.4 Å². The summed E-state index contributed by atoms with van der Waals surface area (Å²) in [6, 6.07) is 3.72. The second-order valence-electron chi connectivity index (χ2n) is 8.84. The van der Waals surface area contributed by atoms with Crippen molar-refractivity contribution in [1.29, 1.82) is 0 Å². The number of carbonyl (C=O) groups is 2. The molecule has 12 heteroatoms. The van der Waals surface area contributed by atoms with E-state index in [0.29, 0.717) is 43.6 Å². The van der Waals surface area contributed by atoms with Crippen LogP contribution in [0.15, 0.2) is 36.1 Å². The highest BCUT2D eigenvalue weighted by Crippen LogP contribution is 2.39. The van der Waals surface area contributed by atoms with E-state index in [4.69, 9.17) is 0 Å². The van der Waals surface area contributed by atoms with Crippen LogP contribution in [0.4, 0.5) is 15.9 Å². The molecule has 3 N–H and O–H groups in total. The maximum atomic E-state index is 12.0. The predicted molar refractivity (Wildman–Crippen MR) is 142 cm³/mol. The van der Waals surface area contributed by atoms with Crippen LogP contribution in [0.1, 0.15) is 26.7 Å². The van der Waals surface area contributed by atoms with E-state index < -0.39 is 11.4 Å². The van der Waals surface area contributed by atoms with Crippen LogP contribution < -0.4 is 15.5 Å². The van der Waals surface area contributed by atoms with Crippen LogP contribution in [0.5, 0.6) is 0 Å². The maximum absolute atomic E-state index is 12.0. The summed E-state index contributed by atoms with van der Waals surface area (Å²) in [5.74, 6) is -0.161. The van der Waals surface area contributed by atoms with Gasteiger partial charge in [0.25, 0.3) is 0 Å². The predicted octanol–water partition coefficient (Wildman–Crippen LogP) is 4.71. The molecule has 0 radical (unpaired) electrons. The van der Waals surface area contributed by atoms with E-state index in [2.05, 4.69) is 30.6 Å². The van der Waals surface area contributed by atoms with Gasteiger partial charge in [0.05, 0.1) is 15.6 Å². The van der Waals surface area contributed by atoms with Gasteiger partial charge in [-0.3, -0.25) is 10.1 Å². The molecule has 1 aromatic carbocycles. The molecule has 186 valence electrons. The summed E-state index contributed by atoms with van der Waals surface area (Å²) < 4.78 is 0.938. The number of nitrogens with zero attached hydrogens (tertiary/aromatic N) is 5. The summed E-state index contributed by atoms with van der Waals surface area (Å²) in [4.78, 5) is 43.8. The highest BCUT2D eigenvalue weighted by Gasteiger charge is 2.37. The normalized spacial score (nSPS) is 15.1. The van der Waals surface area contributed by atoms with Gasteiger partial charge in [0.1, 0.15) is 5.01 Å². The lowest BCUT2D eigenvalue weighted by atomic mass is 9.80. The number of carboxylic acid groups (broad SMARTS) is 1. The Kier molecular flexibility index (Phi) is 6.54. The van der Waals surface area contributed by atoms with Crippen LogP contribution in [0, 0.1) is 5.41 Å². The number of rotatable bonds is 6. The molecule has 2 amide bonds. The number of amides is 2. The van der Waals surface area contributed by atoms with E-state index >= 15 is 0 Å². The number of anilines is 2. The van der Waals surface area contributed by atoms with Crippen LogP contribution in [0.3, 0.4) is 0 Å². The van der Waals surface area contributed by atoms with Gasteiger partial charge in [-0.15, -0.1) is 11.3 Å². The van der Waals surface area contributed by atoms with Crippen molar-refractivity contribution in [1.82, 2.24) is 25.3 Å². The Labute approximate surface area is 215 Å². The second-order valence-corrected chi connectivity index (χ2v) is 10.7. The number of benzene rings is 1. The lowest BCUT2D eigenvalue weighted by Gasteiger charge is -2.36. The highest BCUT2D eigenvalue weighted by atomic mass is 32.1. The summed E-state index contributed by atoms with van der Waals surface area (Å²) in [5.41, 5.74) is 2.72. The first-order chi connectivity index (χ1) is 17.4. The Hall–Kier alpha value is -3.64. The third-order valence-electron chi connectivity index (χ3n) is 6.35. The van der Waals surface area contributed by atoms with Crippen molar-refractivity contribution >= 4 is 56.0 Å². The minimum Gasteiger partial charge on any atom is -0.481 e. The summed E-state index contributed by atoms with van der Waals surface area (Å²) in [5, 5.41) is 18.3. The molecule has 3 aromatic heterocycles. The standard InChI is InChI=1S/C24H25N7O3S2/c1-3-25-22(34)30-23-29-17-11-14(10-16(18(17)36-23)19-26-6-9-35-19)15-12-27-21(28-13-15)31-7-4-24(2,5-8-31)20(32)33/h6,9-13H,3-5,7-8H2,1-2H3,(H,32,33)(H2,25,29,30,34). The number of hydrogen-bond acceptors (Lipinski definition) is 9. The first-order valence-electron chi connectivity index (χ1n) is 11.6. The fraction of sp³-hybridized carbons (Fsp3) is 0.333. The molecule has 4 aromatic rings. The van der Waals surface area contributed by atoms with Crippen LogP contribution in [0.25, 0.3) is 31.9 Å². The molecule has 0 aliphatic carbocycles. The molecule has 10 nitrogen and oxygen atoms in total. The van der Waals surface area contributed by atoms with Gasteiger partial charge in [-0.2, -0.15) is 0 Å². The van der Waals surface area contributed by atoms with Crippen LogP contribution >= 0.6 is 22.7 Å². The smallest absolute Gasteiger partial charge is 0.321 e. The fourth-order valence-corrected chi connectivity index (χ4v) is 5.80. The van der Waals surface area contributed by atoms with Crippen LogP contribution in [-0.2, 0) is 4.79 Å². The molecule has 5 rings (SSSR count). The number of aliphatic carboxylic acids is 1. The number of fused-ring (bicyclic) bond motifs is 1. The van der Waals surface area contributed by atoms with Crippen molar-refractivity contribution < 1.29 is 14.7 Å². The highest BCUT2D eigenvalue weighted by molar-refractivity contribution is 7.23. The van der Waals surface area contributed by atoms with Gasteiger partial charge in [-0.25, -0.2) is 24.7 Å². The van der Waals surface area contributed by atoms with E-state index in [-0.39, 0.29) is 6.03 Å². The Morgan fingerprint density at radius 1 is 1.14 bits per heavy atom. The van der Waals surface area contributed by atoms with Crippen LogP contribution in [0.2, 0.25) is 0 Å². The SMILES string of the molecule is CCNC(=O)Nc1nc2cc(-c3cnc(N4CCC(C)(C(=O)O)CC4)nc3)cc(-c3nccs3)c2s1. The minimum atomic E-state index is -0.753. The van der Waals surface area contributed by atoms with Crippen molar-refractivity contribution in [2.45, 2.75) is 26.7 Å². The van der Waals surface area contributed by atoms with Crippen molar-refractivity contribution in [2.75, 3.05) is 29.9 Å². The first-order valence-corrected chi connectivity index (χ1v) is 13.3. The molecule has 1 fully saturated rings. The number of aromatic nitrogens is 4. The van der Waals surface area contributed by atoms with Crippen molar-refractivity contribution in [2.24, 2.45) is 5.41 Å². The number of nitrogens with one attached hydrogen (secondary N) is 2. The van der Waals surface area contributed by atoms with E-state index in [1.165, 1.54) is 22.7 Å². The van der Waals surface area contributed by atoms with Crippen molar-refractivity contribution in [3.8, 4) is 21.7 Å². The third-order valence-corrected chi connectivity index (χ3v) is 8.17. The lowest BCUT2D eigenvalue weighted by Crippen LogP contribution is -2.43. The van der Waals surface area contributed by atoms with Crippen LogP contribution in [-0.4, -0.2) is 56.7 Å². The molecule has 0 unspecified atom stereocenters. The van der Waals surface area contributed by atoms with E-state index in [1.54, 1.807) is 25.5 Å². The molecule has 0 spiro atoms. The molecule has 36 heavy (non-hydrogen) atoms. The number of urea groups is 1. The Bertz CT molecular complexity index is 1400. The zero-order valence-corrected chi connectivity index (χ0v) is 21.4. The first kappa shape index (κ1) is 24.1. The van der Waals surface area contributed by atoms with Crippen molar-refractivity contribution in [3.05, 3.63) is 36.1 Å². The quantitative estimate of drug-likeness (QED) is 0.331. The molecular formula is C24H25N7O3S2. The van der Waals surface area contributed by atoms with Crippen molar-refractivity contribution in [3.63, 3.8) is 0 Å². The number of carboxylic acids is 1. The van der Waals surface area contributed by atoms with Gasteiger partial charge >= 0.3 is 12.0 Å². The molecule has 0 atom stereocenters. The largest absolute Gasteiger partial charge is 0.481 e. The summed E-state index contributed by atoms with van der Waals surface area (Å²) >= 11 is 2.94.